The third-order valence-corrected chi connectivity index (χ3v) is 6.08. The third kappa shape index (κ3) is 4.25. The van der Waals surface area contributed by atoms with Gasteiger partial charge in [-0.3, -0.25) is 9.69 Å². The molecule has 168 valence electrons. The van der Waals surface area contributed by atoms with Crippen molar-refractivity contribution < 1.29 is 9.53 Å². The minimum Gasteiger partial charge on any atom is -0.369 e. The molecule has 3 heterocycles. The van der Waals surface area contributed by atoms with Crippen LogP contribution in [0.15, 0.2) is 60.7 Å². The molecule has 0 bridgehead atoms. The number of primary amides is 1. The van der Waals surface area contributed by atoms with Crippen LogP contribution < -0.4 is 10.6 Å². The van der Waals surface area contributed by atoms with Crippen molar-refractivity contribution in [3.8, 4) is 0 Å². The summed E-state index contributed by atoms with van der Waals surface area (Å²) in [7, 11) is 4.04. The molecule has 0 saturated carbocycles. The second kappa shape index (κ2) is 8.77. The number of aromatic nitrogens is 2. The van der Waals surface area contributed by atoms with Crippen molar-refractivity contribution in [1.82, 2.24) is 14.9 Å². The number of ether oxygens (including phenoxy) is 1. The van der Waals surface area contributed by atoms with Crippen LogP contribution in [0.2, 0.25) is 0 Å². The molecule has 0 aliphatic carbocycles. The summed E-state index contributed by atoms with van der Waals surface area (Å²) < 4.78 is 6.08. The Hall–Kier alpha value is -3.55. The van der Waals surface area contributed by atoms with E-state index in [0.29, 0.717) is 18.7 Å². The van der Waals surface area contributed by atoms with Crippen molar-refractivity contribution in [2.75, 3.05) is 38.7 Å². The molecule has 5 rings (SSSR count). The van der Waals surface area contributed by atoms with E-state index in [4.69, 9.17) is 20.4 Å². The van der Waals surface area contributed by atoms with Crippen molar-refractivity contribution in [2.24, 2.45) is 5.73 Å². The van der Waals surface area contributed by atoms with E-state index in [-0.39, 0.29) is 6.10 Å². The molecular formula is C26H27N5O2. The smallest absolute Gasteiger partial charge is 0.249 e. The number of anilines is 1. The van der Waals surface area contributed by atoms with Gasteiger partial charge in [0.05, 0.1) is 28.9 Å². The molecular weight excluding hydrogens is 414 g/mol. The summed E-state index contributed by atoms with van der Waals surface area (Å²) in [5, 5.41) is 1.89. The lowest BCUT2D eigenvalue weighted by Gasteiger charge is -2.33. The average molecular weight is 442 g/mol. The van der Waals surface area contributed by atoms with Crippen molar-refractivity contribution >= 4 is 33.5 Å². The molecule has 1 atom stereocenters. The van der Waals surface area contributed by atoms with Crippen molar-refractivity contribution in [2.45, 2.75) is 12.6 Å². The van der Waals surface area contributed by atoms with Gasteiger partial charge in [-0.1, -0.05) is 36.4 Å². The molecule has 2 aromatic heterocycles. The number of carbonyl (C=O) groups is 1. The Morgan fingerprint density at radius 3 is 2.64 bits per heavy atom. The highest BCUT2D eigenvalue weighted by atomic mass is 16.5. The molecule has 0 unspecified atom stereocenters. The fraction of sp³-hybridized carbons (Fsp3) is 0.269. The zero-order chi connectivity index (χ0) is 22.9. The number of benzene rings is 2. The van der Waals surface area contributed by atoms with Crippen LogP contribution in [0, 0.1) is 0 Å². The molecule has 1 aliphatic heterocycles. The summed E-state index contributed by atoms with van der Waals surface area (Å²) in [5.74, 6) is 0.511. The molecule has 4 aromatic rings. The molecule has 2 aromatic carbocycles. The Labute approximate surface area is 192 Å². The van der Waals surface area contributed by atoms with E-state index in [0.717, 1.165) is 46.4 Å². The minimum atomic E-state index is -0.458. The zero-order valence-electron chi connectivity index (χ0n) is 18.9. The summed E-state index contributed by atoms with van der Waals surface area (Å²) in [4.78, 5) is 26.2. The van der Waals surface area contributed by atoms with E-state index < -0.39 is 5.91 Å². The van der Waals surface area contributed by atoms with Crippen molar-refractivity contribution in [3.05, 3.63) is 77.5 Å². The van der Waals surface area contributed by atoms with Crippen LogP contribution in [0.3, 0.4) is 0 Å². The second-order valence-corrected chi connectivity index (χ2v) is 8.63. The van der Waals surface area contributed by atoms with E-state index in [1.165, 1.54) is 5.56 Å². The normalized spacial score (nSPS) is 16.8. The van der Waals surface area contributed by atoms with Gasteiger partial charge in [-0.05, 0) is 24.3 Å². The molecule has 1 fully saturated rings. The van der Waals surface area contributed by atoms with Crippen LogP contribution >= 0.6 is 0 Å². The van der Waals surface area contributed by atoms with Gasteiger partial charge in [0.1, 0.15) is 11.9 Å². The van der Waals surface area contributed by atoms with E-state index in [2.05, 4.69) is 21.9 Å². The van der Waals surface area contributed by atoms with Crippen LogP contribution in [-0.2, 0) is 11.3 Å². The number of carbonyl (C=O) groups excluding carboxylic acids is 1. The molecule has 33 heavy (non-hydrogen) atoms. The first-order valence-electron chi connectivity index (χ1n) is 11.1. The molecule has 1 saturated heterocycles. The lowest BCUT2D eigenvalue weighted by Crippen LogP contribution is -2.38. The van der Waals surface area contributed by atoms with E-state index in [9.17, 15) is 4.79 Å². The number of pyridine rings is 2. The van der Waals surface area contributed by atoms with Gasteiger partial charge in [-0.15, -0.1) is 0 Å². The Morgan fingerprint density at radius 1 is 1.09 bits per heavy atom. The summed E-state index contributed by atoms with van der Waals surface area (Å²) in [6, 6.07) is 19.8. The van der Waals surface area contributed by atoms with Crippen LogP contribution in [0.5, 0.6) is 0 Å². The van der Waals surface area contributed by atoms with Gasteiger partial charge in [-0.2, -0.15) is 0 Å². The van der Waals surface area contributed by atoms with Crippen LogP contribution in [-0.4, -0.2) is 54.6 Å². The molecule has 0 spiro atoms. The average Bonchev–Trinajstić information content (AvgIpc) is 2.83. The predicted octanol–water partition coefficient (Wildman–Crippen LogP) is 3.52. The Bertz CT molecular complexity index is 1340. The van der Waals surface area contributed by atoms with Gasteiger partial charge < -0.3 is 15.4 Å². The summed E-state index contributed by atoms with van der Waals surface area (Å²) >= 11 is 0. The van der Waals surface area contributed by atoms with Gasteiger partial charge in [0.2, 0.25) is 5.91 Å². The predicted molar refractivity (Wildman–Crippen MR) is 130 cm³/mol. The lowest BCUT2D eigenvalue weighted by atomic mass is 10.0. The minimum absolute atomic E-state index is 0.238. The Kier molecular flexibility index (Phi) is 5.66. The first-order chi connectivity index (χ1) is 16.0. The number of morpholine rings is 1. The van der Waals surface area contributed by atoms with Crippen molar-refractivity contribution in [3.63, 3.8) is 0 Å². The van der Waals surface area contributed by atoms with Crippen LogP contribution in [0.25, 0.3) is 21.8 Å². The largest absolute Gasteiger partial charge is 0.369 e. The molecule has 2 N–H and O–H groups in total. The monoisotopic (exact) mass is 441 g/mol. The van der Waals surface area contributed by atoms with E-state index in [1.807, 2.05) is 56.6 Å². The lowest BCUT2D eigenvalue weighted by molar-refractivity contribution is -0.0348. The number of rotatable bonds is 5. The third-order valence-electron chi connectivity index (χ3n) is 6.08. The van der Waals surface area contributed by atoms with Gasteiger partial charge in [0.15, 0.2) is 0 Å². The number of hydrogen-bond donors (Lipinski definition) is 1. The maximum absolute atomic E-state index is 12.1. The summed E-state index contributed by atoms with van der Waals surface area (Å²) in [6.45, 7) is 2.82. The molecule has 1 aliphatic rings. The van der Waals surface area contributed by atoms with Gasteiger partial charge in [0, 0.05) is 50.1 Å². The van der Waals surface area contributed by atoms with E-state index >= 15 is 0 Å². The highest BCUT2D eigenvalue weighted by Crippen LogP contribution is 2.29. The first-order valence-corrected chi connectivity index (χ1v) is 11.1. The fourth-order valence-corrected chi connectivity index (χ4v) is 4.48. The SMILES string of the molecule is CN(C)c1nc2ccccc2cc1CN1CCO[C@H](c2cc(C(N)=O)c3ccccc3n2)C1. The molecule has 7 nitrogen and oxygen atoms in total. The molecule has 7 heteroatoms. The number of nitrogens with zero attached hydrogens (tertiary/aromatic N) is 4. The number of fused-ring (bicyclic) bond motifs is 2. The number of para-hydroxylation sites is 2. The highest BCUT2D eigenvalue weighted by molar-refractivity contribution is 6.05. The molecule has 1 amide bonds. The summed E-state index contributed by atoms with van der Waals surface area (Å²) in [5.41, 5.74) is 9.79. The Morgan fingerprint density at radius 2 is 1.85 bits per heavy atom. The maximum Gasteiger partial charge on any atom is 0.249 e. The summed E-state index contributed by atoms with van der Waals surface area (Å²) in [6.07, 6.45) is -0.238. The highest BCUT2D eigenvalue weighted by Gasteiger charge is 2.26. The van der Waals surface area contributed by atoms with Gasteiger partial charge in [-0.25, -0.2) is 9.97 Å². The van der Waals surface area contributed by atoms with Gasteiger partial charge >= 0.3 is 0 Å². The second-order valence-electron chi connectivity index (χ2n) is 8.63. The van der Waals surface area contributed by atoms with Crippen LogP contribution in [0.4, 0.5) is 5.82 Å². The number of hydrogen-bond acceptors (Lipinski definition) is 6. The quantitative estimate of drug-likeness (QED) is 0.510. The zero-order valence-corrected chi connectivity index (χ0v) is 18.9. The fourth-order valence-electron chi connectivity index (χ4n) is 4.48. The first kappa shape index (κ1) is 21.3. The van der Waals surface area contributed by atoms with Crippen LogP contribution in [0.1, 0.15) is 27.7 Å². The van der Waals surface area contributed by atoms with Crippen molar-refractivity contribution in [1.29, 1.82) is 0 Å². The van der Waals surface area contributed by atoms with Gasteiger partial charge in [0.25, 0.3) is 0 Å². The number of amides is 1. The van der Waals surface area contributed by atoms with E-state index in [1.54, 1.807) is 6.07 Å². The maximum atomic E-state index is 12.1. The molecule has 0 radical (unpaired) electrons. The Balaban J connectivity index is 1.44. The number of nitrogens with two attached hydrogens (primary N) is 1. The topological polar surface area (TPSA) is 84.6 Å². The standard InChI is InChI=1S/C26H27N5O2/c1-30(2)26-18(13-17-7-3-5-9-21(17)29-26)15-31-11-12-33-24(16-31)23-14-20(25(27)32)19-8-4-6-10-22(19)28-23/h3-10,13-14,24H,11-12,15-16H2,1-2H3,(H2,27,32)/t24-/m0/s1.